The van der Waals surface area contributed by atoms with Gasteiger partial charge < -0.3 is 15.0 Å². The van der Waals surface area contributed by atoms with Gasteiger partial charge in [0.15, 0.2) is 0 Å². The van der Waals surface area contributed by atoms with E-state index in [4.69, 9.17) is 0 Å². The number of rotatable bonds is 6. The van der Waals surface area contributed by atoms with Crippen LogP contribution >= 0.6 is 0 Å². The third-order valence-electron chi connectivity index (χ3n) is 7.27. The van der Waals surface area contributed by atoms with E-state index in [1.807, 2.05) is 35.8 Å². The minimum atomic E-state index is -0.328. The van der Waals surface area contributed by atoms with Crippen molar-refractivity contribution in [3.63, 3.8) is 0 Å². The van der Waals surface area contributed by atoms with Crippen molar-refractivity contribution >= 4 is 12.0 Å². The van der Waals surface area contributed by atoms with Gasteiger partial charge in [-0.1, -0.05) is 38.3 Å². The Balaban J connectivity index is 1.65. The maximum Gasteiger partial charge on any atom is 0.258 e. The quantitative estimate of drug-likeness (QED) is 0.752. The minimum absolute atomic E-state index is 0.0107. The number of hydrogen-bond donors (Lipinski definition) is 2. The number of amides is 1. The third-order valence-corrected chi connectivity index (χ3v) is 7.27. The molecule has 1 saturated carbocycles. The van der Waals surface area contributed by atoms with Gasteiger partial charge in [-0.3, -0.25) is 14.5 Å². The molecule has 164 valence electrons. The molecule has 0 aromatic carbocycles. The Bertz CT molecular complexity index is 856. The van der Waals surface area contributed by atoms with Gasteiger partial charge in [-0.05, 0) is 44.9 Å². The van der Waals surface area contributed by atoms with Crippen LogP contribution in [0.3, 0.4) is 0 Å². The van der Waals surface area contributed by atoms with Gasteiger partial charge in [0.05, 0.1) is 12.1 Å². The molecule has 4 rings (SSSR count). The molecule has 1 amide bonds. The third kappa shape index (κ3) is 3.65. The average Bonchev–Trinajstić information content (AvgIpc) is 3.27. The van der Waals surface area contributed by atoms with Crippen LogP contribution in [-0.2, 0) is 11.3 Å². The molecule has 0 spiro atoms. The van der Waals surface area contributed by atoms with Gasteiger partial charge in [-0.2, -0.15) is 0 Å². The van der Waals surface area contributed by atoms with E-state index in [0.29, 0.717) is 12.1 Å². The van der Waals surface area contributed by atoms with Crippen molar-refractivity contribution < 1.29 is 9.90 Å². The van der Waals surface area contributed by atoms with Crippen LogP contribution in [-0.4, -0.2) is 45.7 Å². The summed E-state index contributed by atoms with van der Waals surface area (Å²) in [6, 6.07) is 3.87. The molecule has 0 unspecified atom stereocenters. The number of pyridine rings is 1. The van der Waals surface area contributed by atoms with Crippen molar-refractivity contribution in [2.75, 3.05) is 13.2 Å². The molecule has 0 radical (unpaired) electrons. The number of carbonyl (C=O) groups excluding carboxylic acids is 1. The van der Waals surface area contributed by atoms with Crippen molar-refractivity contribution in [2.24, 2.45) is 11.8 Å². The maximum atomic E-state index is 13.4. The zero-order valence-corrected chi connectivity index (χ0v) is 18.2. The van der Waals surface area contributed by atoms with E-state index in [0.717, 1.165) is 31.5 Å². The first kappa shape index (κ1) is 21.3. The lowest BCUT2D eigenvalue weighted by Crippen LogP contribution is -2.51. The second kappa shape index (κ2) is 9.06. The minimum Gasteiger partial charge on any atom is -0.396 e. The highest BCUT2D eigenvalue weighted by molar-refractivity contribution is 5.83. The smallest absolute Gasteiger partial charge is 0.258 e. The molecule has 0 bridgehead atoms. The monoisotopic (exact) mass is 413 g/mol. The zero-order chi connectivity index (χ0) is 21.3. The Kier molecular flexibility index (Phi) is 6.44. The van der Waals surface area contributed by atoms with E-state index in [9.17, 15) is 14.7 Å². The van der Waals surface area contributed by atoms with Crippen LogP contribution in [0, 0.1) is 11.8 Å². The molecule has 6 heteroatoms. The predicted molar refractivity (Wildman–Crippen MR) is 118 cm³/mol. The lowest BCUT2D eigenvalue weighted by Gasteiger charge is -2.32. The number of aliphatic hydroxyl groups excluding tert-OH is 1. The number of aliphatic hydroxyl groups is 1. The largest absolute Gasteiger partial charge is 0.396 e. The normalized spacial score (nSPS) is 29.3. The van der Waals surface area contributed by atoms with E-state index >= 15 is 0 Å². The Hall–Kier alpha value is -1.92. The molecule has 1 aromatic heterocycles. The first-order chi connectivity index (χ1) is 14.6. The molecule has 4 atom stereocenters. The molecule has 3 aliphatic rings. The first-order valence-electron chi connectivity index (χ1n) is 11.6. The van der Waals surface area contributed by atoms with Crippen LogP contribution < -0.4 is 10.9 Å². The second-order valence-corrected chi connectivity index (χ2v) is 9.11. The van der Waals surface area contributed by atoms with E-state index in [1.54, 1.807) is 0 Å². The molecule has 1 saturated heterocycles. The summed E-state index contributed by atoms with van der Waals surface area (Å²) in [5.74, 6) is -0.0185. The molecular formula is C24H35N3O3. The highest BCUT2D eigenvalue weighted by Gasteiger charge is 2.55. The number of nitrogens with zero attached hydrogens (tertiary/aromatic N) is 2. The molecule has 2 N–H and O–H groups in total. The van der Waals surface area contributed by atoms with Gasteiger partial charge in [0.25, 0.3) is 5.56 Å². The maximum absolute atomic E-state index is 13.4. The van der Waals surface area contributed by atoms with E-state index in [2.05, 4.69) is 17.1 Å². The SMILES string of the molecule is C/C=C/c1ccc2n(c1=O)C[C@H]1[C@H](CO)[C@@H](C(=O)NC3CCCCC3)N(CCC)[C@@H]21. The van der Waals surface area contributed by atoms with Gasteiger partial charge in [0.2, 0.25) is 5.91 Å². The lowest BCUT2D eigenvalue weighted by atomic mass is 9.87. The van der Waals surface area contributed by atoms with Gasteiger partial charge in [-0.25, -0.2) is 0 Å². The number of fused-ring (bicyclic) bond motifs is 3. The highest BCUT2D eigenvalue weighted by atomic mass is 16.3. The summed E-state index contributed by atoms with van der Waals surface area (Å²) in [7, 11) is 0. The standard InChI is InChI=1S/C24H35N3O3/c1-3-8-16-11-12-20-21-18(14-27(20)24(16)30)19(15-28)22(26(21)13-4-2)23(29)25-17-9-6-5-7-10-17/h3,8,11-12,17-19,21-22,28H,4-7,9-10,13-15H2,1-2H3,(H,25,29)/b8-3+/t18-,19-,21+,22-/m0/s1. The van der Waals surface area contributed by atoms with Gasteiger partial charge in [-0.15, -0.1) is 0 Å². The topological polar surface area (TPSA) is 74.6 Å². The number of nitrogens with one attached hydrogen (secondary N) is 1. The highest BCUT2D eigenvalue weighted by Crippen LogP contribution is 2.49. The van der Waals surface area contributed by atoms with Crippen molar-refractivity contribution in [3.8, 4) is 0 Å². The van der Waals surface area contributed by atoms with Crippen molar-refractivity contribution in [3.05, 3.63) is 39.8 Å². The van der Waals surface area contributed by atoms with E-state index in [1.165, 1.54) is 19.3 Å². The Labute approximate surface area is 179 Å². The average molecular weight is 414 g/mol. The second-order valence-electron chi connectivity index (χ2n) is 9.11. The van der Waals surface area contributed by atoms with Gasteiger partial charge in [0, 0.05) is 42.3 Å². The van der Waals surface area contributed by atoms with Crippen LogP contribution in [0.1, 0.15) is 69.7 Å². The van der Waals surface area contributed by atoms with Crippen molar-refractivity contribution in [1.82, 2.24) is 14.8 Å². The van der Waals surface area contributed by atoms with Crippen LogP contribution in [0.5, 0.6) is 0 Å². The van der Waals surface area contributed by atoms with Crippen LogP contribution in [0.15, 0.2) is 23.0 Å². The van der Waals surface area contributed by atoms with Crippen molar-refractivity contribution in [2.45, 2.75) is 77.0 Å². The molecule has 30 heavy (non-hydrogen) atoms. The van der Waals surface area contributed by atoms with E-state index < -0.39 is 0 Å². The predicted octanol–water partition coefficient (Wildman–Crippen LogP) is 2.70. The fraction of sp³-hybridized carbons (Fsp3) is 0.667. The summed E-state index contributed by atoms with van der Waals surface area (Å²) >= 11 is 0. The molecular weight excluding hydrogens is 378 g/mol. The Morgan fingerprint density at radius 2 is 2.03 bits per heavy atom. The number of carbonyl (C=O) groups is 1. The molecule has 1 aromatic rings. The molecule has 2 fully saturated rings. The molecule has 6 nitrogen and oxygen atoms in total. The summed E-state index contributed by atoms with van der Waals surface area (Å²) < 4.78 is 1.87. The molecule has 3 heterocycles. The Morgan fingerprint density at radius 1 is 1.27 bits per heavy atom. The number of likely N-dealkylation sites (tertiary alicyclic amines) is 1. The lowest BCUT2D eigenvalue weighted by molar-refractivity contribution is -0.128. The fourth-order valence-corrected chi connectivity index (χ4v) is 5.98. The molecule has 1 aliphatic carbocycles. The molecule has 2 aliphatic heterocycles. The van der Waals surface area contributed by atoms with Crippen LogP contribution in [0.25, 0.3) is 6.08 Å². The number of aromatic nitrogens is 1. The van der Waals surface area contributed by atoms with E-state index in [-0.39, 0.29) is 48.0 Å². The van der Waals surface area contributed by atoms with Crippen molar-refractivity contribution in [1.29, 1.82) is 0 Å². The summed E-state index contributed by atoms with van der Waals surface area (Å²) in [5, 5.41) is 13.6. The number of hydrogen-bond acceptors (Lipinski definition) is 4. The van der Waals surface area contributed by atoms with Gasteiger partial charge in [0.1, 0.15) is 0 Å². The summed E-state index contributed by atoms with van der Waals surface area (Å²) in [4.78, 5) is 28.6. The fourth-order valence-electron chi connectivity index (χ4n) is 5.98. The van der Waals surface area contributed by atoms with Crippen LogP contribution in [0.2, 0.25) is 0 Å². The zero-order valence-electron chi connectivity index (χ0n) is 18.2. The first-order valence-corrected chi connectivity index (χ1v) is 11.6. The summed E-state index contributed by atoms with van der Waals surface area (Å²) in [6.07, 6.45) is 10.4. The number of allylic oxidation sites excluding steroid dienone is 1. The van der Waals surface area contributed by atoms with Gasteiger partial charge >= 0.3 is 0 Å². The Morgan fingerprint density at radius 3 is 2.70 bits per heavy atom. The summed E-state index contributed by atoms with van der Waals surface area (Å²) in [5.41, 5.74) is 1.70. The summed E-state index contributed by atoms with van der Waals surface area (Å²) in [6.45, 7) is 5.35. The van der Waals surface area contributed by atoms with Crippen LogP contribution in [0.4, 0.5) is 0 Å².